The third kappa shape index (κ3) is 4.26. The Kier molecular flexibility index (Phi) is 5.96. The molecule has 6 heteroatoms. The number of hydrogen-bond donors (Lipinski definition) is 1. The Hall–Kier alpha value is -2.73. The Labute approximate surface area is 155 Å². The van der Waals surface area contributed by atoms with Crippen molar-refractivity contribution >= 4 is 40.3 Å². The molecule has 26 heavy (non-hydrogen) atoms. The fourth-order valence-electron chi connectivity index (χ4n) is 2.49. The minimum absolute atomic E-state index is 0.0251. The Balaban J connectivity index is 1.71. The van der Waals surface area contributed by atoms with Crippen LogP contribution in [0.4, 0.5) is 5.69 Å². The van der Waals surface area contributed by atoms with Crippen LogP contribution in [-0.4, -0.2) is 24.2 Å². The first kappa shape index (κ1) is 18.1. The second kappa shape index (κ2) is 8.58. The number of carbonyl (C=O) groups excluding carboxylic acids is 2. The minimum atomic E-state index is -0.585. The quantitative estimate of drug-likeness (QED) is 0.482. The molecule has 0 aliphatic rings. The highest BCUT2D eigenvalue weighted by Crippen LogP contribution is 2.31. The van der Waals surface area contributed by atoms with Crippen LogP contribution in [0.2, 0.25) is 0 Å². The fourth-order valence-corrected chi connectivity index (χ4v) is 3.36. The second-order valence-electron chi connectivity index (χ2n) is 5.48. The van der Waals surface area contributed by atoms with Crippen LogP contribution in [0.25, 0.3) is 11.0 Å². The zero-order valence-corrected chi connectivity index (χ0v) is 15.2. The number of para-hydroxylation sites is 1. The minimum Gasteiger partial charge on any atom is -0.460 e. The predicted octanol–water partition coefficient (Wildman–Crippen LogP) is 4.73. The molecule has 1 heterocycles. The lowest BCUT2D eigenvalue weighted by Gasteiger charge is -2.06. The molecule has 1 aromatic heterocycles. The molecule has 1 amide bonds. The van der Waals surface area contributed by atoms with Crippen LogP contribution in [0.15, 0.2) is 63.9 Å². The number of anilines is 1. The molecule has 134 valence electrons. The van der Waals surface area contributed by atoms with Gasteiger partial charge in [-0.3, -0.25) is 4.79 Å². The summed E-state index contributed by atoms with van der Waals surface area (Å²) in [6.07, 6.45) is 0.321. The first-order chi connectivity index (χ1) is 12.7. The smallest absolute Gasteiger partial charge is 0.376 e. The van der Waals surface area contributed by atoms with E-state index in [1.807, 2.05) is 42.5 Å². The van der Waals surface area contributed by atoms with Gasteiger partial charge < -0.3 is 14.5 Å². The van der Waals surface area contributed by atoms with Gasteiger partial charge in [0.1, 0.15) is 11.3 Å². The van der Waals surface area contributed by atoms with E-state index in [2.05, 4.69) is 5.32 Å². The normalized spacial score (nSPS) is 10.7. The van der Waals surface area contributed by atoms with Crippen LogP contribution in [0.5, 0.6) is 0 Å². The zero-order valence-electron chi connectivity index (χ0n) is 14.4. The van der Waals surface area contributed by atoms with Crippen molar-refractivity contribution in [3.8, 4) is 0 Å². The van der Waals surface area contributed by atoms with Gasteiger partial charge in [0.2, 0.25) is 11.7 Å². The van der Waals surface area contributed by atoms with Gasteiger partial charge in [-0.05, 0) is 31.2 Å². The molecule has 0 spiro atoms. The number of nitrogens with one attached hydrogen (secondary N) is 1. The number of esters is 1. The third-order valence-corrected chi connectivity index (χ3v) is 4.68. The molecule has 1 N–H and O–H groups in total. The van der Waals surface area contributed by atoms with Gasteiger partial charge in [-0.15, -0.1) is 11.8 Å². The lowest BCUT2D eigenvalue weighted by atomic mass is 10.2. The number of ether oxygens (including phenoxy) is 1. The summed E-state index contributed by atoms with van der Waals surface area (Å²) in [5.74, 6) is -0.0966. The van der Waals surface area contributed by atoms with Crippen molar-refractivity contribution in [1.82, 2.24) is 0 Å². The molecule has 0 aliphatic heterocycles. The molecule has 0 atom stereocenters. The van der Waals surface area contributed by atoms with E-state index >= 15 is 0 Å². The van der Waals surface area contributed by atoms with Crippen molar-refractivity contribution in [1.29, 1.82) is 0 Å². The van der Waals surface area contributed by atoms with Gasteiger partial charge in [0.15, 0.2) is 0 Å². The molecule has 3 rings (SSSR count). The average molecular weight is 369 g/mol. The van der Waals surface area contributed by atoms with Crippen molar-refractivity contribution < 1.29 is 18.7 Å². The summed E-state index contributed by atoms with van der Waals surface area (Å²) in [5, 5.41) is 3.49. The van der Waals surface area contributed by atoms with Gasteiger partial charge in [0.05, 0.1) is 6.61 Å². The summed E-state index contributed by atoms with van der Waals surface area (Å²) in [7, 11) is 0. The Morgan fingerprint density at radius 1 is 1.08 bits per heavy atom. The van der Waals surface area contributed by atoms with Gasteiger partial charge in [0.25, 0.3) is 0 Å². The monoisotopic (exact) mass is 369 g/mol. The SMILES string of the molecule is CCOC(=O)c1oc2ccccc2c1NC(=O)CCSc1ccccc1. The molecule has 0 radical (unpaired) electrons. The van der Waals surface area contributed by atoms with Gasteiger partial charge in [-0.25, -0.2) is 4.79 Å². The Morgan fingerprint density at radius 2 is 1.81 bits per heavy atom. The van der Waals surface area contributed by atoms with Crippen LogP contribution in [0.1, 0.15) is 23.9 Å². The van der Waals surface area contributed by atoms with Gasteiger partial charge in [0, 0.05) is 22.5 Å². The van der Waals surface area contributed by atoms with Gasteiger partial charge in [-0.2, -0.15) is 0 Å². The van der Waals surface area contributed by atoms with Crippen LogP contribution in [0, 0.1) is 0 Å². The van der Waals surface area contributed by atoms with Crippen molar-refractivity contribution in [3.63, 3.8) is 0 Å². The molecule has 0 bridgehead atoms. The van der Waals surface area contributed by atoms with Crippen LogP contribution in [-0.2, 0) is 9.53 Å². The van der Waals surface area contributed by atoms with E-state index in [1.54, 1.807) is 30.8 Å². The predicted molar refractivity (Wildman–Crippen MR) is 103 cm³/mol. The number of thioether (sulfide) groups is 1. The van der Waals surface area contributed by atoms with E-state index in [0.717, 1.165) is 4.90 Å². The number of amides is 1. The summed E-state index contributed by atoms with van der Waals surface area (Å²) in [6, 6.07) is 17.1. The Bertz CT molecular complexity index is 905. The summed E-state index contributed by atoms with van der Waals surface area (Å²) < 4.78 is 10.6. The highest BCUT2D eigenvalue weighted by molar-refractivity contribution is 7.99. The maximum absolute atomic E-state index is 12.4. The largest absolute Gasteiger partial charge is 0.460 e. The highest BCUT2D eigenvalue weighted by Gasteiger charge is 2.23. The van der Waals surface area contributed by atoms with E-state index in [9.17, 15) is 9.59 Å². The van der Waals surface area contributed by atoms with E-state index in [-0.39, 0.29) is 18.3 Å². The topological polar surface area (TPSA) is 68.5 Å². The second-order valence-corrected chi connectivity index (χ2v) is 6.65. The Morgan fingerprint density at radius 3 is 2.58 bits per heavy atom. The zero-order chi connectivity index (χ0) is 18.4. The van der Waals surface area contributed by atoms with E-state index in [0.29, 0.717) is 28.8 Å². The highest BCUT2D eigenvalue weighted by atomic mass is 32.2. The van der Waals surface area contributed by atoms with E-state index in [4.69, 9.17) is 9.15 Å². The summed E-state index contributed by atoms with van der Waals surface area (Å²) in [5.41, 5.74) is 0.901. The van der Waals surface area contributed by atoms with Crippen molar-refractivity contribution in [3.05, 3.63) is 60.4 Å². The molecule has 0 unspecified atom stereocenters. The lowest BCUT2D eigenvalue weighted by molar-refractivity contribution is -0.115. The fraction of sp³-hybridized carbons (Fsp3) is 0.200. The van der Waals surface area contributed by atoms with E-state index in [1.165, 1.54) is 0 Å². The number of carbonyl (C=O) groups is 2. The maximum Gasteiger partial charge on any atom is 0.376 e. The van der Waals surface area contributed by atoms with Crippen molar-refractivity contribution in [2.75, 3.05) is 17.7 Å². The van der Waals surface area contributed by atoms with Crippen LogP contribution < -0.4 is 5.32 Å². The molecular weight excluding hydrogens is 350 g/mol. The standard InChI is InChI=1S/C20H19NO4S/c1-2-24-20(23)19-18(15-10-6-7-11-16(15)25-19)21-17(22)12-13-26-14-8-4-3-5-9-14/h3-11H,2,12-13H2,1H3,(H,21,22). The van der Waals surface area contributed by atoms with Crippen molar-refractivity contribution in [2.24, 2.45) is 0 Å². The summed E-state index contributed by atoms with van der Waals surface area (Å²) >= 11 is 1.61. The lowest BCUT2D eigenvalue weighted by Crippen LogP contribution is -2.15. The molecule has 0 saturated carbocycles. The molecule has 5 nitrogen and oxygen atoms in total. The van der Waals surface area contributed by atoms with Gasteiger partial charge >= 0.3 is 5.97 Å². The molecular formula is C20H19NO4S. The van der Waals surface area contributed by atoms with Crippen LogP contribution in [0.3, 0.4) is 0 Å². The summed E-state index contributed by atoms with van der Waals surface area (Å²) in [4.78, 5) is 25.6. The molecule has 2 aromatic carbocycles. The number of furan rings is 1. The average Bonchev–Trinajstić information content (AvgIpc) is 3.01. The molecule has 3 aromatic rings. The summed E-state index contributed by atoms with van der Waals surface area (Å²) in [6.45, 7) is 1.95. The number of fused-ring (bicyclic) bond motifs is 1. The van der Waals surface area contributed by atoms with E-state index < -0.39 is 5.97 Å². The first-order valence-electron chi connectivity index (χ1n) is 8.35. The molecule has 0 saturated heterocycles. The number of hydrogen-bond acceptors (Lipinski definition) is 5. The van der Waals surface area contributed by atoms with Gasteiger partial charge in [-0.1, -0.05) is 30.3 Å². The molecule has 0 fully saturated rings. The number of rotatable bonds is 7. The van der Waals surface area contributed by atoms with Crippen LogP contribution >= 0.6 is 11.8 Å². The third-order valence-electron chi connectivity index (χ3n) is 3.66. The maximum atomic E-state index is 12.4. The van der Waals surface area contributed by atoms with Crippen molar-refractivity contribution in [2.45, 2.75) is 18.2 Å². The molecule has 0 aliphatic carbocycles. The number of benzene rings is 2. The first-order valence-corrected chi connectivity index (χ1v) is 9.34.